The third kappa shape index (κ3) is 3.30. The highest BCUT2D eigenvalue weighted by Crippen LogP contribution is 2.21. The van der Waals surface area contributed by atoms with Crippen molar-refractivity contribution >= 4 is 17.4 Å². The molecule has 0 spiro atoms. The molecule has 1 amide bonds. The summed E-state index contributed by atoms with van der Waals surface area (Å²) in [6.45, 7) is 2.05. The van der Waals surface area contributed by atoms with E-state index >= 15 is 0 Å². The number of nitrogens with zero attached hydrogens (tertiary/aromatic N) is 3. The van der Waals surface area contributed by atoms with Gasteiger partial charge in [0, 0.05) is 18.2 Å². The van der Waals surface area contributed by atoms with Crippen LogP contribution in [0.4, 0.5) is 11.5 Å². The number of rotatable bonds is 5. The first-order chi connectivity index (χ1) is 9.99. The number of nitro benzene ring substituents is 1. The summed E-state index contributed by atoms with van der Waals surface area (Å²) in [6.07, 6.45) is 0. The summed E-state index contributed by atoms with van der Waals surface area (Å²) in [5, 5.41) is 21.3. The molecule has 2 aromatic rings. The molecule has 1 aromatic heterocycles. The molecule has 0 aliphatic rings. The standard InChI is InChI=1S/C13H13N5O3/c1-8-9(3-2-4-11(8)18(20)21)7-15-12-6-5-10(13(14)19)16-17-12/h2-6H,7H2,1H3,(H2,14,19)(H,15,17). The Morgan fingerprint density at radius 1 is 1.33 bits per heavy atom. The Labute approximate surface area is 120 Å². The number of primary amides is 1. The van der Waals surface area contributed by atoms with Crippen LogP contribution in [0.25, 0.3) is 0 Å². The van der Waals surface area contributed by atoms with Crippen LogP contribution in [0.15, 0.2) is 30.3 Å². The largest absolute Gasteiger partial charge is 0.364 e. The first-order valence-corrected chi connectivity index (χ1v) is 6.09. The molecule has 0 radical (unpaired) electrons. The molecule has 8 nitrogen and oxygen atoms in total. The number of amides is 1. The van der Waals surface area contributed by atoms with Gasteiger partial charge in [0.1, 0.15) is 5.82 Å². The molecule has 0 aliphatic carbocycles. The van der Waals surface area contributed by atoms with E-state index in [1.807, 2.05) is 0 Å². The molecule has 0 fully saturated rings. The Balaban J connectivity index is 2.11. The lowest BCUT2D eigenvalue weighted by Crippen LogP contribution is -2.14. The molecule has 0 saturated heterocycles. The van der Waals surface area contributed by atoms with Gasteiger partial charge in [0.05, 0.1) is 4.92 Å². The van der Waals surface area contributed by atoms with Crippen molar-refractivity contribution in [3.05, 3.63) is 57.3 Å². The number of hydrogen-bond acceptors (Lipinski definition) is 6. The van der Waals surface area contributed by atoms with E-state index in [0.717, 1.165) is 5.56 Å². The normalized spacial score (nSPS) is 10.1. The SMILES string of the molecule is Cc1c(CNc2ccc(C(N)=O)nn2)cccc1[N+](=O)[O-]. The van der Waals surface area contributed by atoms with Crippen LogP contribution in [0.3, 0.4) is 0 Å². The second-order valence-corrected chi connectivity index (χ2v) is 4.34. The van der Waals surface area contributed by atoms with Crippen molar-refractivity contribution in [2.75, 3.05) is 5.32 Å². The maximum Gasteiger partial charge on any atom is 0.272 e. The fraction of sp³-hybridized carbons (Fsp3) is 0.154. The van der Waals surface area contributed by atoms with Gasteiger partial charge in [-0.15, -0.1) is 10.2 Å². The van der Waals surface area contributed by atoms with E-state index in [1.165, 1.54) is 12.1 Å². The van der Waals surface area contributed by atoms with E-state index in [0.29, 0.717) is 17.9 Å². The van der Waals surface area contributed by atoms with Crippen LogP contribution in [0, 0.1) is 17.0 Å². The zero-order valence-electron chi connectivity index (χ0n) is 11.2. The number of nitrogens with two attached hydrogens (primary N) is 1. The van der Waals surface area contributed by atoms with Crippen LogP contribution < -0.4 is 11.1 Å². The predicted molar refractivity (Wildman–Crippen MR) is 75.7 cm³/mol. The number of carbonyl (C=O) groups is 1. The quantitative estimate of drug-likeness (QED) is 0.632. The molecule has 108 valence electrons. The highest BCUT2D eigenvalue weighted by atomic mass is 16.6. The monoisotopic (exact) mass is 287 g/mol. The van der Waals surface area contributed by atoms with Gasteiger partial charge in [0.25, 0.3) is 11.6 Å². The maximum atomic E-state index is 10.9. The molecule has 21 heavy (non-hydrogen) atoms. The summed E-state index contributed by atoms with van der Waals surface area (Å²) in [7, 11) is 0. The molecule has 0 atom stereocenters. The number of aromatic nitrogens is 2. The molecule has 0 unspecified atom stereocenters. The maximum absolute atomic E-state index is 10.9. The highest BCUT2D eigenvalue weighted by Gasteiger charge is 2.13. The van der Waals surface area contributed by atoms with Crippen molar-refractivity contribution < 1.29 is 9.72 Å². The van der Waals surface area contributed by atoms with Crippen molar-refractivity contribution in [1.29, 1.82) is 0 Å². The van der Waals surface area contributed by atoms with E-state index in [-0.39, 0.29) is 11.4 Å². The number of hydrogen-bond donors (Lipinski definition) is 2. The van der Waals surface area contributed by atoms with Gasteiger partial charge in [-0.05, 0) is 24.6 Å². The van der Waals surface area contributed by atoms with Gasteiger partial charge in [-0.2, -0.15) is 0 Å². The van der Waals surface area contributed by atoms with Gasteiger partial charge in [0.2, 0.25) is 0 Å². The van der Waals surface area contributed by atoms with Crippen molar-refractivity contribution in [2.24, 2.45) is 5.73 Å². The van der Waals surface area contributed by atoms with Gasteiger partial charge >= 0.3 is 0 Å². The Morgan fingerprint density at radius 2 is 2.10 bits per heavy atom. The average Bonchev–Trinajstić information content (AvgIpc) is 2.46. The van der Waals surface area contributed by atoms with Gasteiger partial charge in [-0.3, -0.25) is 14.9 Å². The van der Waals surface area contributed by atoms with Crippen LogP contribution in [-0.4, -0.2) is 21.0 Å². The molecule has 8 heteroatoms. The first-order valence-electron chi connectivity index (χ1n) is 6.09. The molecular weight excluding hydrogens is 274 g/mol. The van der Waals surface area contributed by atoms with Gasteiger partial charge in [-0.25, -0.2) is 0 Å². The second kappa shape index (κ2) is 5.95. The van der Waals surface area contributed by atoms with E-state index in [2.05, 4.69) is 15.5 Å². The van der Waals surface area contributed by atoms with E-state index < -0.39 is 10.8 Å². The van der Waals surface area contributed by atoms with Crippen molar-refractivity contribution in [1.82, 2.24) is 10.2 Å². The summed E-state index contributed by atoms with van der Waals surface area (Å²) in [6, 6.07) is 7.91. The van der Waals surface area contributed by atoms with E-state index in [4.69, 9.17) is 5.73 Å². The smallest absolute Gasteiger partial charge is 0.272 e. The fourth-order valence-corrected chi connectivity index (χ4v) is 1.80. The topological polar surface area (TPSA) is 124 Å². The number of anilines is 1. The van der Waals surface area contributed by atoms with E-state index in [9.17, 15) is 14.9 Å². The summed E-state index contributed by atoms with van der Waals surface area (Å²) in [5.41, 5.74) is 6.59. The Kier molecular flexibility index (Phi) is 4.07. The van der Waals surface area contributed by atoms with Crippen molar-refractivity contribution in [3.8, 4) is 0 Å². The molecule has 0 aliphatic heterocycles. The number of nitro groups is 1. The molecule has 0 bridgehead atoms. The minimum Gasteiger partial charge on any atom is -0.364 e. The lowest BCUT2D eigenvalue weighted by Gasteiger charge is -2.08. The van der Waals surface area contributed by atoms with Crippen LogP contribution in [0.5, 0.6) is 0 Å². The van der Waals surface area contributed by atoms with Crippen LogP contribution in [0.1, 0.15) is 21.6 Å². The zero-order chi connectivity index (χ0) is 15.4. The minimum atomic E-state index is -0.649. The molecule has 1 heterocycles. The third-order valence-electron chi connectivity index (χ3n) is 2.99. The fourth-order valence-electron chi connectivity index (χ4n) is 1.80. The number of nitrogens with one attached hydrogen (secondary N) is 1. The Hall–Kier alpha value is -3.03. The molecule has 3 N–H and O–H groups in total. The summed E-state index contributed by atoms with van der Waals surface area (Å²) >= 11 is 0. The highest BCUT2D eigenvalue weighted by molar-refractivity contribution is 5.90. The average molecular weight is 287 g/mol. The number of carbonyl (C=O) groups excluding carboxylic acids is 1. The lowest BCUT2D eigenvalue weighted by molar-refractivity contribution is -0.385. The van der Waals surface area contributed by atoms with Gasteiger partial charge < -0.3 is 11.1 Å². The predicted octanol–water partition coefficient (Wildman–Crippen LogP) is 1.40. The molecule has 2 rings (SSSR count). The first kappa shape index (κ1) is 14.4. The molecule has 1 aromatic carbocycles. The van der Waals surface area contributed by atoms with Crippen molar-refractivity contribution in [3.63, 3.8) is 0 Å². The number of benzene rings is 1. The molecule has 0 saturated carbocycles. The third-order valence-corrected chi connectivity index (χ3v) is 2.99. The summed E-state index contributed by atoms with van der Waals surface area (Å²) < 4.78 is 0. The van der Waals surface area contributed by atoms with Crippen LogP contribution >= 0.6 is 0 Å². The van der Waals surface area contributed by atoms with Crippen LogP contribution in [0.2, 0.25) is 0 Å². The molecular formula is C13H13N5O3. The minimum absolute atomic E-state index is 0.0736. The Morgan fingerprint density at radius 3 is 2.67 bits per heavy atom. The summed E-state index contributed by atoms with van der Waals surface area (Å²) in [4.78, 5) is 21.3. The van der Waals surface area contributed by atoms with Gasteiger partial charge in [0.15, 0.2) is 5.69 Å². The second-order valence-electron chi connectivity index (χ2n) is 4.34. The van der Waals surface area contributed by atoms with Crippen molar-refractivity contribution in [2.45, 2.75) is 13.5 Å². The van der Waals surface area contributed by atoms with E-state index in [1.54, 1.807) is 25.1 Å². The zero-order valence-corrected chi connectivity index (χ0v) is 11.2. The van der Waals surface area contributed by atoms with Gasteiger partial charge in [-0.1, -0.05) is 12.1 Å². The lowest BCUT2D eigenvalue weighted by atomic mass is 10.1. The Bertz CT molecular complexity index is 685. The van der Waals surface area contributed by atoms with Crippen LogP contribution in [-0.2, 0) is 6.54 Å². The summed E-state index contributed by atoms with van der Waals surface area (Å²) in [5.74, 6) is -0.200.